The highest BCUT2D eigenvalue weighted by Crippen LogP contribution is 2.37. The molecule has 0 saturated carbocycles. The van der Waals surface area contributed by atoms with Crippen LogP contribution in [0.1, 0.15) is 42.5 Å². The first-order valence-electron chi connectivity index (χ1n) is 11.3. The van der Waals surface area contributed by atoms with Crippen LogP contribution in [0, 0.1) is 0 Å². The fraction of sp³-hybridized carbons (Fsp3) is 0.148. The number of nitrogens with one attached hydrogen (secondary N) is 3. The molecule has 0 bridgehead atoms. The summed E-state index contributed by atoms with van der Waals surface area (Å²) in [4.78, 5) is 25.6. The molecule has 5 aromatic rings. The standard InChI is InChI=1S/C27H23N5O2/c1-15(2)16-11-13-17(14-12-16)23-22-24(18-7-3-4-8-19(18)28-25(22)33)31-26(30-23)32-27-29-20-9-5-6-10-21(20)34-27/h3-15,23H,1-2H3,(H,28,33)(H2,29,30,31,32)/t23-/m0/s1. The first-order chi connectivity index (χ1) is 16.6. The molecule has 2 aromatic heterocycles. The average molecular weight is 450 g/mol. The van der Waals surface area contributed by atoms with Crippen molar-refractivity contribution in [3.05, 3.63) is 99.8 Å². The molecule has 1 aliphatic heterocycles. The zero-order valence-electron chi connectivity index (χ0n) is 18.8. The van der Waals surface area contributed by atoms with Gasteiger partial charge < -0.3 is 14.7 Å². The Bertz CT molecular complexity index is 1580. The highest BCUT2D eigenvalue weighted by molar-refractivity contribution is 6.10. The van der Waals surface area contributed by atoms with Gasteiger partial charge in [-0.2, -0.15) is 4.98 Å². The van der Waals surface area contributed by atoms with Gasteiger partial charge in [0.25, 0.3) is 5.56 Å². The van der Waals surface area contributed by atoms with Crippen LogP contribution in [0.2, 0.25) is 0 Å². The number of guanidine groups is 1. The maximum atomic E-state index is 13.2. The quantitative estimate of drug-likeness (QED) is 0.325. The van der Waals surface area contributed by atoms with Crippen molar-refractivity contribution >= 4 is 39.7 Å². The normalized spacial score (nSPS) is 15.3. The number of H-pyrrole nitrogens is 1. The number of aromatic nitrogens is 2. The minimum Gasteiger partial charge on any atom is -0.423 e. The molecule has 0 amide bonds. The van der Waals surface area contributed by atoms with E-state index in [1.54, 1.807) is 0 Å². The van der Waals surface area contributed by atoms with Crippen molar-refractivity contribution in [1.82, 2.24) is 9.97 Å². The number of pyridine rings is 1. The molecule has 0 radical (unpaired) electrons. The third kappa shape index (κ3) is 3.42. The van der Waals surface area contributed by atoms with Crippen LogP contribution >= 0.6 is 0 Å². The molecule has 0 fully saturated rings. The van der Waals surface area contributed by atoms with Crippen LogP contribution in [-0.4, -0.2) is 15.9 Å². The molecular formula is C27H23N5O2. The number of aliphatic imine (C=N–C) groups is 1. The van der Waals surface area contributed by atoms with Crippen molar-refractivity contribution in [2.45, 2.75) is 25.8 Å². The molecular weight excluding hydrogens is 426 g/mol. The Hall–Kier alpha value is -4.39. The predicted octanol–water partition coefficient (Wildman–Crippen LogP) is 5.78. The molecule has 0 aliphatic carbocycles. The summed E-state index contributed by atoms with van der Waals surface area (Å²) < 4.78 is 5.84. The fourth-order valence-corrected chi connectivity index (χ4v) is 4.39. The Balaban J connectivity index is 1.49. The minimum absolute atomic E-state index is 0.163. The summed E-state index contributed by atoms with van der Waals surface area (Å²) in [5, 5.41) is 7.41. The Kier molecular flexibility index (Phi) is 4.69. The monoisotopic (exact) mass is 449 g/mol. The lowest BCUT2D eigenvalue weighted by atomic mass is 9.93. The van der Waals surface area contributed by atoms with Crippen LogP contribution in [0.25, 0.3) is 22.0 Å². The summed E-state index contributed by atoms with van der Waals surface area (Å²) >= 11 is 0. The van der Waals surface area contributed by atoms with Gasteiger partial charge in [0, 0.05) is 5.39 Å². The molecule has 1 atom stereocenters. The van der Waals surface area contributed by atoms with E-state index in [0.29, 0.717) is 29.0 Å². The number of aromatic amines is 1. The van der Waals surface area contributed by atoms with E-state index in [-0.39, 0.29) is 5.56 Å². The molecule has 34 heavy (non-hydrogen) atoms. The maximum Gasteiger partial charge on any atom is 0.302 e. The van der Waals surface area contributed by atoms with Crippen LogP contribution in [0.4, 0.5) is 11.7 Å². The minimum atomic E-state index is -0.488. The second kappa shape index (κ2) is 7.88. The third-order valence-corrected chi connectivity index (χ3v) is 6.17. The second-order valence-corrected chi connectivity index (χ2v) is 8.73. The van der Waals surface area contributed by atoms with Gasteiger partial charge in [-0.05, 0) is 35.2 Å². The number of benzene rings is 3. The highest BCUT2D eigenvalue weighted by Gasteiger charge is 2.28. The van der Waals surface area contributed by atoms with E-state index < -0.39 is 6.04 Å². The topological polar surface area (TPSA) is 95.3 Å². The van der Waals surface area contributed by atoms with E-state index in [0.717, 1.165) is 27.7 Å². The van der Waals surface area contributed by atoms with E-state index in [2.05, 4.69) is 46.6 Å². The van der Waals surface area contributed by atoms with Gasteiger partial charge in [-0.25, -0.2) is 4.99 Å². The summed E-state index contributed by atoms with van der Waals surface area (Å²) in [6.45, 7) is 4.32. The third-order valence-electron chi connectivity index (χ3n) is 6.17. The maximum absolute atomic E-state index is 13.2. The van der Waals surface area contributed by atoms with Crippen LogP contribution in [0.15, 0.2) is 87.0 Å². The van der Waals surface area contributed by atoms with E-state index in [1.807, 2.05) is 60.7 Å². The fourth-order valence-electron chi connectivity index (χ4n) is 4.39. The lowest BCUT2D eigenvalue weighted by molar-refractivity contribution is 0.624. The largest absolute Gasteiger partial charge is 0.423 e. The molecule has 0 spiro atoms. The van der Waals surface area contributed by atoms with Gasteiger partial charge in [-0.15, -0.1) is 0 Å². The molecule has 1 aliphatic rings. The summed E-state index contributed by atoms with van der Waals surface area (Å²) in [5.41, 5.74) is 5.52. The Morgan fingerprint density at radius 2 is 1.74 bits per heavy atom. The van der Waals surface area contributed by atoms with Crippen molar-refractivity contribution in [2.75, 3.05) is 10.6 Å². The molecule has 3 heterocycles. The number of hydrogen-bond acceptors (Lipinski definition) is 6. The van der Waals surface area contributed by atoms with Gasteiger partial charge in [0.2, 0.25) is 5.96 Å². The van der Waals surface area contributed by atoms with Crippen molar-refractivity contribution in [1.29, 1.82) is 0 Å². The van der Waals surface area contributed by atoms with E-state index >= 15 is 0 Å². The lowest BCUT2D eigenvalue weighted by Gasteiger charge is -2.26. The molecule has 3 aromatic carbocycles. The molecule has 0 saturated heterocycles. The average Bonchev–Trinajstić information content (AvgIpc) is 3.26. The smallest absolute Gasteiger partial charge is 0.302 e. The molecule has 6 rings (SSSR count). The summed E-state index contributed by atoms with van der Waals surface area (Å²) in [5.74, 6) is 0.884. The number of fused-ring (bicyclic) bond motifs is 4. The van der Waals surface area contributed by atoms with E-state index in [9.17, 15) is 4.79 Å². The Morgan fingerprint density at radius 1 is 0.971 bits per heavy atom. The van der Waals surface area contributed by atoms with Gasteiger partial charge >= 0.3 is 6.01 Å². The summed E-state index contributed by atoms with van der Waals surface area (Å²) in [6, 6.07) is 23.4. The summed E-state index contributed by atoms with van der Waals surface area (Å²) in [6.07, 6.45) is 0. The van der Waals surface area contributed by atoms with Gasteiger partial charge in [-0.1, -0.05) is 68.4 Å². The van der Waals surface area contributed by atoms with Gasteiger partial charge in [0.15, 0.2) is 5.58 Å². The first kappa shape index (κ1) is 20.2. The van der Waals surface area contributed by atoms with Gasteiger partial charge in [0.1, 0.15) is 11.6 Å². The number of rotatable bonds is 3. The predicted molar refractivity (Wildman–Crippen MR) is 136 cm³/mol. The highest BCUT2D eigenvalue weighted by atomic mass is 16.4. The number of anilines is 2. The number of oxazole rings is 1. The summed E-state index contributed by atoms with van der Waals surface area (Å²) in [7, 11) is 0. The van der Waals surface area contributed by atoms with E-state index in [1.165, 1.54) is 5.56 Å². The van der Waals surface area contributed by atoms with Crippen LogP contribution < -0.4 is 16.2 Å². The number of hydrogen-bond donors (Lipinski definition) is 3. The Morgan fingerprint density at radius 3 is 2.53 bits per heavy atom. The van der Waals surface area contributed by atoms with Crippen LogP contribution in [-0.2, 0) is 0 Å². The molecule has 7 heteroatoms. The van der Waals surface area contributed by atoms with Crippen molar-refractivity contribution in [2.24, 2.45) is 4.99 Å². The zero-order valence-corrected chi connectivity index (χ0v) is 18.8. The molecule has 3 N–H and O–H groups in total. The van der Waals surface area contributed by atoms with Gasteiger partial charge in [-0.3, -0.25) is 10.1 Å². The van der Waals surface area contributed by atoms with Crippen LogP contribution in [0.5, 0.6) is 0 Å². The van der Waals surface area contributed by atoms with E-state index in [4.69, 9.17) is 9.41 Å². The second-order valence-electron chi connectivity index (χ2n) is 8.73. The van der Waals surface area contributed by atoms with Crippen molar-refractivity contribution in [3.8, 4) is 0 Å². The molecule has 0 unspecified atom stereocenters. The molecule has 168 valence electrons. The number of nitrogens with zero attached hydrogens (tertiary/aromatic N) is 2. The zero-order chi connectivity index (χ0) is 23.2. The SMILES string of the molecule is CC(C)c1ccc([C@@H]2N=C(Nc3nc4ccccc4o3)Nc3c2c(=O)[nH]c2ccccc32)cc1. The Labute approximate surface area is 195 Å². The van der Waals surface area contributed by atoms with Crippen molar-refractivity contribution < 1.29 is 4.42 Å². The first-order valence-corrected chi connectivity index (χ1v) is 11.3. The van der Waals surface area contributed by atoms with Gasteiger partial charge in [0.05, 0.1) is 16.8 Å². The molecule has 7 nitrogen and oxygen atoms in total. The van der Waals surface area contributed by atoms with Crippen molar-refractivity contribution in [3.63, 3.8) is 0 Å². The van der Waals surface area contributed by atoms with Crippen LogP contribution in [0.3, 0.4) is 0 Å². The lowest BCUT2D eigenvalue weighted by Crippen LogP contribution is -2.32. The number of para-hydroxylation sites is 3.